The molecule has 124 valence electrons. The Hall–Kier alpha value is -3.03. The van der Waals surface area contributed by atoms with Crippen LogP contribution in [-0.2, 0) is 11.2 Å². The number of nitrogens with zero attached hydrogens (tertiary/aromatic N) is 4. The zero-order valence-corrected chi connectivity index (χ0v) is 14.4. The number of aromatic nitrogens is 1. The second-order valence-corrected chi connectivity index (χ2v) is 6.70. The summed E-state index contributed by atoms with van der Waals surface area (Å²) in [6, 6.07) is 13.3. The van der Waals surface area contributed by atoms with Crippen LogP contribution in [0.4, 0.5) is 11.5 Å². The SMILES string of the molecule is C[C@H]1Cc2ccccc2N1C(=O)CSc1nc(N)c(C#N)cc1C#N. The van der Waals surface area contributed by atoms with Crippen LogP contribution in [0.25, 0.3) is 0 Å². The molecule has 0 aliphatic carbocycles. The topological polar surface area (TPSA) is 107 Å². The van der Waals surface area contributed by atoms with E-state index in [2.05, 4.69) is 4.98 Å². The quantitative estimate of drug-likeness (QED) is 0.853. The van der Waals surface area contributed by atoms with Gasteiger partial charge in [-0.3, -0.25) is 4.79 Å². The molecular formula is C18H15N5OS. The fourth-order valence-electron chi connectivity index (χ4n) is 2.93. The predicted octanol–water partition coefficient (Wildman–Crippen LogP) is 2.48. The fraction of sp³-hybridized carbons (Fsp3) is 0.222. The van der Waals surface area contributed by atoms with Crippen LogP contribution in [-0.4, -0.2) is 22.7 Å². The number of benzene rings is 1. The van der Waals surface area contributed by atoms with Crippen LogP contribution >= 0.6 is 11.8 Å². The third-order valence-electron chi connectivity index (χ3n) is 4.07. The number of para-hydroxylation sites is 1. The van der Waals surface area contributed by atoms with Crippen LogP contribution in [0, 0.1) is 22.7 Å². The first-order chi connectivity index (χ1) is 12.0. The van der Waals surface area contributed by atoms with Gasteiger partial charge in [-0.05, 0) is 31.0 Å². The molecule has 7 heteroatoms. The van der Waals surface area contributed by atoms with Gasteiger partial charge in [-0.25, -0.2) is 4.98 Å². The highest BCUT2D eigenvalue weighted by molar-refractivity contribution is 8.00. The van der Waals surface area contributed by atoms with Gasteiger partial charge < -0.3 is 10.6 Å². The van der Waals surface area contributed by atoms with Gasteiger partial charge in [-0.2, -0.15) is 10.5 Å². The first-order valence-electron chi connectivity index (χ1n) is 7.68. The molecule has 0 spiro atoms. The van der Waals surface area contributed by atoms with E-state index in [-0.39, 0.29) is 34.6 Å². The van der Waals surface area contributed by atoms with Crippen LogP contribution in [0.5, 0.6) is 0 Å². The van der Waals surface area contributed by atoms with Crippen molar-refractivity contribution in [3.05, 3.63) is 47.0 Å². The van der Waals surface area contributed by atoms with Crippen molar-refractivity contribution in [1.82, 2.24) is 4.98 Å². The third kappa shape index (κ3) is 3.15. The second kappa shape index (κ2) is 6.84. The molecule has 25 heavy (non-hydrogen) atoms. The van der Waals surface area contributed by atoms with Gasteiger partial charge in [-0.1, -0.05) is 30.0 Å². The summed E-state index contributed by atoms with van der Waals surface area (Å²) >= 11 is 1.16. The summed E-state index contributed by atoms with van der Waals surface area (Å²) in [5.41, 5.74) is 8.22. The van der Waals surface area contributed by atoms with Gasteiger partial charge in [0, 0.05) is 11.7 Å². The second-order valence-electron chi connectivity index (χ2n) is 5.73. The molecule has 0 radical (unpaired) electrons. The standard InChI is InChI=1S/C18H15N5OS/c1-11-6-12-4-2-3-5-15(12)23(11)16(24)10-25-18-14(9-20)7-13(8-19)17(21)22-18/h2-5,7,11H,6,10H2,1H3,(H2,21,22)/t11-/m0/s1. The van der Waals surface area contributed by atoms with E-state index in [4.69, 9.17) is 11.0 Å². The van der Waals surface area contributed by atoms with Gasteiger partial charge in [0.15, 0.2) is 0 Å². The number of nitrogen functional groups attached to an aromatic ring is 1. The number of hydrogen-bond acceptors (Lipinski definition) is 6. The van der Waals surface area contributed by atoms with Crippen molar-refractivity contribution in [3.63, 3.8) is 0 Å². The zero-order chi connectivity index (χ0) is 18.0. The minimum Gasteiger partial charge on any atom is -0.383 e. The summed E-state index contributed by atoms with van der Waals surface area (Å²) in [6.07, 6.45) is 0.831. The number of nitriles is 2. The number of hydrogen-bond donors (Lipinski definition) is 1. The van der Waals surface area contributed by atoms with Crippen molar-refractivity contribution in [2.45, 2.75) is 24.4 Å². The molecule has 2 heterocycles. The lowest BCUT2D eigenvalue weighted by atomic mass is 10.1. The zero-order valence-electron chi connectivity index (χ0n) is 13.6. The molecule has 1 atom stereocenters. The molecule has 1 aromatic carbocycles. The van der Waals surface area contributed by atoms with E-state index in [9.17, 15) is 10.1 Å². The minimum absolute atomic E-state index is 0.0453. The lowest BCUT2D eigenvalue weighted by Gasteiger charge is -2.22. The lowest BCUT2D eigenvalue weighted by molar-refractivity contribution is -0.116. The molecule has 1 aromatic heterocycles. The smallest absolute Gasteiger partial charge is 0.237 e. The van der Waals surface area contributed by atoms with Crippen LogP contribution in [0.15, 0.2) is 35.4 Å². The first-order valence-corrected chi connectivity index (χ1v) is 8.67. The Bertz CT molecular complexity index is 928. The maximum Gasteiger partial charge on any atom is 0.237 e. The molecular weight excluding hydrogens is 334 g/mol. The summed E-state index contributed by atoms with van der Waals surface area (Å²) in [6.45, 7) is 2.02. The minimum atomic E-state index is -0.0453. The Morgan fingerprint density at radius 2 is 2.08 bits per heavy atom. The molecule has 0 saturated heterocycles. The van der Waals surface area contributed by atoms with Crippen molar-refractivity contribution < 1.29 is 4.79 Å². The van der Waals surface area contributed by atoms with Crippen molar-refractivity contribution >= 4 is 29.2 Å². The number of pyridine rings is 1. The molecule has 0 saturated carbocycles. The molecule has 1 aliphatic heterocycles. The number of carbonyl (C=O) groups excluding carboxylic acids is 1. The molecule has 6 nitrogen and oxygen atoms in total. The number of fused-ring (bicyclic) bond motifs is 1. The number of nitrogens with two attached hydrogens (primary N) is 1. The van der Waals surface area contributed by atoms with Crippen LogP contribution in [0.2, 0.25) is 0 Å². The Balaban J connectivity index is 1.79. The fourth-order valence-corrected chi connectivity index (χ4v) is 3.76. The molecule has 0 fully saturated rings. The van der Waals surface area contributed by atoms with E-state index < -0.39 is 0 Å². The van der Waals surface area contributed by atoms with E-state index in [0.717, 1.165) is 29.4 Å². The van der Waals surface area contributed by atoms with E-state index >= 15 is 0 Å². The van der Waals surface area contributed by atoms with Crippen molar-refractivity contribution in [1.29, 1.82) is 10.5 Å². The summed E-state index contributed by atoms with van der Waals surface area (Å²) in [5.74, 6) is 0.165. The number of rotatable bonds is 3. The van der Waals surface area contributed by atoms with Gasteiger partial charge >= 0.3 is 0 Å². The molecule has 2 aromatic rings. The van der Waals surface area contributed by atoms with E-state index in [1.54, 1.807) is 4.90 Å². The van der Waals surface area contributed by atoms with Gasteiger partial charge in [0.2, 0.25) is 5.91 Å². The predicted molar refractivity (Wildman–Crippen MR) is 95.9 cm³/mol. The highest BCUT2D eigenvalue weighted by Crippen LogP contribution is 2.33. The number of anilines is 2. The van der Waals surface area contributed by atoms with E-state index in [1.807, 2.05) is 43.3 Å². The van der Waals surface area contributed by atoms with E-state index in [1.165, 1.54) is 6.07 Å². The largest absolute Gasteiger partial charge is 0.383 e. The Labute approximate surface area is 149 Å². The summed E-state index contributed by atoms with van der Waals surface area (Å²) in [7, 11) is 0. The van der Waals surface area contributed by atoms with Crippen LogP contribution < -0.4 is 10.6 Å². The maximum absolute atomic E-state index is 12.7. The summed E-state index contributed by atoms with van der Waals surface area (Å²) in [4.78, 5) is 18.6. The summed E-state index contributed by atoms with van der Waals surface area (Å²) in [5, 5.41) is 18.6. The average molecular weight is 349 g/mol. The summed E-state index contributed by atoms with van der Waals surface area (Å²) < 4.78 is 0. The molecule has 2 N–H and O–H groups in total. The third-order valence-corrected chi connectivity index (χ3v) is 5.04. The molecule has 1 aliphatic rings. The van der Waals surface area contributed by atoms with Crippen molar-refractivity contribution in [2.75, 3.05) is 16.4 Å². The maximum atomic E-state index is 12.7. The molecule has 0 bridgehead atoms. The van der Waals surface area contributed by atoms with Crippen molar-refractivity contribution in [2.24, 2.45) is 0 Å². The first kappa shape index (κ1) is 16.8. The normalized spacial score (nSPS) is 15.3. The monoisotopic (exact) mass is 349 g/mol. The number of carbonyl (C=O) groups is 1. The number of thioether (sulfide) groups is 1. The van der Waals surface area contributed by atoms with Gasteiger partial charge in [0.05, 0.1) is 16.9 Å². The molecule has 3 rings (SSSR count). The molecule has 0 unspecified atom stereocenters. The highest BCUT2D eigenvalue weighted by atomic mass is 32.2. The lowest BCUT2D eigenvalue weighted by Crippen LogP contribution is -2.37. The highest BCUT2D eigenvalue weighted by Gasteiger charge is 2.30. The van der Waals surface area contributed by atoms with E-state index in [0.29, 0.717) is 5.03 Å². The Morgan fingerprint density at radius 1 is 1.36 bits per heavy atom. The average Bonchev–Trinajstić information content (AvgIpc) is 2.95. The van der Waals surface area contributed by atoms with Crippen LogP contribution in [0.3, 0.4) is 0 Å². The Kier molecular flexibility index (Phi) is 4.60. The van der Waals surface area contributed by atoms with Gasteiger partial charge in [-0.15, -0.1) is 0 Å². The van der Waals surface area contributed by atoms with Crippen LogP contribution in [0.1, 0.15) is 23.6 Å². The van der Waals surface area contributed by atoms with Crippen molar-refractivity contribution in [3.8, 4) is 12.1 Å². The number of amides is 1. The van der Waals surface area contributed by atoms with Gasteiger partial charge in [0.1, 0.15) is 23.0 Å². The molecule has 1 amide bonds. The Morgan fingerprint density at radius 3 is 2.80 bits per heavy atom. The van der Waals surface area contributed by atoms with Gasteiger partial charge in [0.25, 0.3) is 0 Å².